The molecule has 3 aromatic rings. The molecule has 4 rings (SSSR count). The van der Waals surface area contributed by atoms with Crippen LogP contribution in [0.15, 0.2) is 83.6 Å². The Morgan fingerprint density at radius 2 is 1.71 bits per heavy atom. The lowest BCUT2D eigenvalue weighted by Crippen LogP contribution is -2.24. The van der Waals surface area contributed by atoms with Gasteiger partial charge >= 0.3 is 5.97 Å². The molecule has 1 aliphatic heterocycles. The molecule has 0 N–H and O–H groups in total. The number of amides is 1. The molecule has 154 valence electrons. The SMILES string of the molecule is COC(=O)C1=C(C)N(c2cccc3ccccc23)C(=O)C1=Cc1ccc([N+](=O)[O-])cc1. The lowest BCUT2D eigenvalue weighted by Gasteiger charge is -2.20. The van der Waals surface area contributed by atoms with E-state index in [9.17, 15) is 19.7 Å². The fourth-order valence-corrected chi connectivity index (χ4v) is 3.73. The quantitative estimate of drug-likeness (QED) is 0.269. The van der Waals surface area contributed by atoms with Crippen LogP contribution >= 0.6 is 0 Å². The Kier molecular flexibility index (Phi) is 5.09. The van der Waals surface area contributed by atoms with E-state index in [0.717, 1.165) is 10.8 Å². The summed E-state index contributed by atoms with van der Waals surface area (Å²) in [6, 6.07) is 19.1. The zero-order chi connectivity index (χ0) is 22.1. The normalized spacial score (nSPS) is 15.1. The van der Waals surface area contributed by atoms with E-state index in [1.165, 1.54) is 36.3 Å². The number of anilines is 1. The number of nitrogens with zero attached hydrogens (tertiary/aromatic N) is 2. The Labute approximate surface area is 178 Å². The van der Waals surface area contributed by atoms with Crippen molar-refractivity contribution >= 4 is 40.1 Å². The number of allylic oxidation sites excluding steroid dienone is 1. The number of ether oxygens (including phenoxy) is 1. The standard InChI is InChI=1S/C24H18N2O5/c1-15-22(24(28)31-2)20(14-16-10-12-18(13-11-16)26(29)30)23(27)25(15)21-9-5-7-17-6-3-4-8-19(17)21/h3-14H,1-2H3. The highest BCUT2D eigenvalue weighted by molar-refractivity contribution is 6.25. The lowest BCUT2D eigenvalue weighted by molar-refractivity contribution is -0.384. The Hall–Kier alpha value is -4.26. The van der Waals surface area contributed by atoms with Gasteiger partial charge in [0.15, 0.2) is 0 Å². The molecule has 0 radical (unpaired) electrons. The molecule has 31 heavy (non-hydrogen) atoms. The van der Waals surface area contributed by atoms with Crippen LogP contribution in [0.5, 0.6) is 0 Å². The van der Waals surface area contributed by atoms with Crippen molar-refractivity contribution in [2.24, 2.45) is 0 Å². The molecule has 1 aliphatic rings. The van der Waals surface area contributed by atoms with Crippen LogP contribution < -0.4 is 4.90 Å². The summed E-state index contributed by atoms with van der Waals surface area (Å²) in [4.78, 5) is 37.9. The zero-order valence-corrected chi connectivity index (χ0v) is 16.9. The highest BCUT2D eigenvalue weighted by atomic mass is 16.6. The van der Waals surface area contributed by atoms with Gasteiger partial charge in [-0.25, -0.2) is 4.79 Å². The first-order chi connectivity index (χ1) is 14.9. The number of carbonyl (C=O) groups is 2. The fourth-order valence-electron chi connectivity index (χ4n) is 3.73. The number of non-ortho nitro benzene ring substituents is 1. The summed E-state index contributed by atoms with van der Waals surface area (Å²) in [5.41, 5.74) is 1.96. The Morgan fingerprint density at radius 3 is 2.39 bits per heavy atom. The van der Waals surface area contributed by atoms with Crippen molar-refractivity contribution in [2.75, 3.05) is 12.0 Å². The van der Waals surface area contributed by atoms with Gasteiger partial charge in [0, 0.05) is 23.2 Å². The van der Waals surface area contributed by atoms with Gasteiger partial charge in [-0.3, -0.25) is 19.8 Å². The summed E-state index contributed by atoms with van der Waals surface area (Å²) in [7, 11) is 1.26. The number of hydrogen-bond acceptors (Lipinski definition) is 5. The van der Waals surface area contributed by atoms with Crippen molar-refractivity contribution in [2.45, 2.75) is 6.92 Å². The number of hydrogen-bond donors (Lipinski definition) is 0. The second-order valence-corrected chi connectivity index (χ2v) is 7.00. The van der Waals surface area contributed by atoms with Crippen LogP contribution in [0.3, 0.4) is 0 Å². The molecule has 0 bridgehead atoms. The summed E-state index contributed by atoms with van der Waals surface area (Å²) in [5.74, 6) is -0.991. The van der Waals surface area contributed by atoms with Crippen molar-refractivity contribution in [3.63, 3.8) is 0 Å². The maximum Gasteiger partial charge on any atom is 0.340 e. The van der Waals surface area contributed by atoms with Crippen molar-refractivity contribution in [3.05, 3.63) is 99.3 Å². The van der Waals surface area contributed by atoms with E-state index in [1.54, 1.807) is 13.0 Å². The van der Waals surface area contributed by atoms with Gasteiger partial charge in [-0.15, -0.1) is 0 Å². The highest BCUT2D eigenvalue weighted by Gasteiger charge is 2.38. The number of nitro benzene ring substituents is 1. The number of benzene rings is 3. The summed E-state index contributed by atoms with van der Waals surface area (Å²) < 4.78 is 4.94. The Balaban J connectivity index is 1.86. The minimum Gasteiger partial charge on any atom is -0.465 e. The molecule has 7 heteroatoms. The minimum atomic E-state index is -0.623. The molecular formula is C24H18N2O5. The largest absolute Gasteiger partial charge is 0.465 e. The van der Waals surface area contributed by atoms with Crippen molar-refractivity contribution < 1.29 is 19.2 Å². The van der Waals surface area contributed by atoms with E-state index in [4.69, 9.17) is 4.74 Å². The second-order valence-electron chi connectivity index (χ2n) is 7.00. The summed E-state index contributed by atoms with van der Waals surface area (Å²) in [6.07, 6.45) is 1.55. The molecule has 0 spiro atoms. The molecule has 0 saturated carbocycles. The molecule has 0 aliphatic carbocycles. The van der Waals surface area contributed by atoms with Crippen LogP contribution in [0.4, 0.5) is 11.4 Å². The minimum absolute atomic E-state index is 0.0582. The van der Waals surface area contributed by atoms with Gasteiger partial charge in [0.05, 0.1) is 28.9 Å². The molecule has 0 unspecified atom stereocenters. The predicted molar refractivity (Wildman–Crippen MR) is 117 cm³/mol. The monoisotopic (exact) mass is 414 g/mol. The Morgan fingerprint density at radius 1 is 1.03 bits per heavy atom. The summed E-state index contributed by atoms with van der Waals surface area (Å²) in [5, 5.41) is 12.7. The van der Waals surface area contributed by atoms with Gasteiger partial charge < -0.3 is 4.74 Å². The van der Waals surface area contributed by atoms with E-state index in [1.807, 2.05) is 42.5 Å². The third-order valence-corrected chi connectivity index (χ3v) is 5.21. The third-order valence-electron chi connectivity index (χ3n) is 5.21. The Bertz CT molecular complexity index is 1280. The maximum absolute atomic E-state index is 13.5. The maximum atomic E-state index is 13.5. The van der Waals surface area contributed by atoms with Crippen molar-refractivity contribution in [1.82, 2.24) is 0 Å². The van der Waals surface area contributed by atoms with E-state index in [-0.39, 0.29) is 22.7 Å². The van der Waals surface area contributed by atoms with E-state index in [2.05, 4.69) is 0 Å². The average Bonchev–Trinajstić information content (AvgIpc) is 3.02. The molecule has 0 saturated heterocycles. The van der Waals surface area contributed by atoms with Gasteiger partial charge in [0.1, 0.15) is 0 Å². The second kappa shape index (κ2) is 7.87. The van der Waals surface area contributed by atoms with Crippen molar-refractivity contribution in [1.29, 1.82) is 0 Å². The first-order valence-corrected chi connectivity index (χ1v) is 9.50. The highest BCUT2D eigenvalue weighted by Crippen LogP contribution is 2.38. The molecule has 1 heterocycles. The third kappa shape index (κ3) is 3.46. The van der Waals surface area contributed by atoms with Gasteiger partial charge in [-0.2, -0.15) is 0 Å². The van der Waals surface area contributed by atoms with Gasteiger partial charge in [-0.05, 0) is 42.1 Å². The first kappa shape index (κ1) is 20.0. The topological polar surface area (TPSA) is 89.8 Å². The van der Waals surface area contributed by atoms with Gasteiger partial charge in [-0.1, -0.05) is 36.4 Å². The average molecular weight is 414 g/mol. The molecule has 3 aromatic carbocycles. The van der Waals surface area contributed by atoms with E-state index < -0.39 is 10.9 Å². The van der Waals surface area contributed by atoms with Crippen LogP contribution in [-0.4, -0.2) is 23.9 Å². The van der Waals surface area contributed by atoms with E-state index in [0.29, 0.717) is 16.9 Å². The lowest BCUT2D eigenvalue weighted by atomic mass is 10.0. The number of fused-ring (bicyclic) bond motifs is 1. The van der Waals surface area contributed by atoms with Crippen molar-refractivity contribution in [3.8, 4) is 0 Å². The van der Waals surface area contributed by atoms with Gasteiger partial charge in [0.2, 0.25) is 0 Å². The van der Waals surface area contributed by atoms with Crippen LogP contribution in [-0.2, 0) is 14.3 Å². The summed E-state index contributed by atoms with van der Waals surface area (Å²) in [6.45, 7) is 1.70. The predicted octanol–water partition coefficient (Wildman–Crippen LogP) is 4.63. The summed E-state index contributed by atoms with van der Waals surface area (Å²) >= 11 is 0. The number of carbonyl (C=O) groups excluding carboxylic acids is 2. The first-order valence-electron chi connectivity index (χ1n) is 9.50. The van der Waals surface area contributed by atoms with Crippen LogP contribution in [0, 0.1) is 10.1 Å². The van der Waals surface area contributed by atoms with Crippen LogP contribution in [0.2, 0.25) is 0 Å². The number of rotatable bonds is 4. The molecular weight excluding hydrogens is 396 g/mol. The smallest absolute Gasteiger partial charge is 0.340 e. The molecule has 0 fully saturated rings. The van der Waals surface area contributed by atoms with Crippen LogP contribution in [0.25, 0.3) is 16.8 Å². The van der Waals surface area contributed by atoms with Crippen LogP contribution in [0.1, 0.15) is 12.5 Å². The molecule has 0 atom stereocenters. The van der Waals surface area contributed by atoms with Gasteiger partial charge in [0.25, 0.3) is 11.6 Å². The van der Waals surface area contributed by atoms with E-state index >= 15 is 0 Å². The zero-order valence-electron chi connectivity index (χ0n) is 16.9. The number of esters is 1. The number of methoxy groups -OCH3 is 1. The fraction of sp³-hybridized carbons (Fsp3) is 0.0833. The molecule has 1 amide bonds. The molecule has 7 nitrogen and oxygen atoms in total. The number of nitro groups is 1. The molecule has 0 aromatic heterocycles.